The molecular formula is C17H34N4O3. The third-order valence-corrected chi connectivity index (χ3v) is 3.63. The van der Waals surface area contributed by atoms with E-state index in [4.69, 9.17) is 9.47 Å². The Balaban J connectivity index is 2.21. The van der Waals surface area contributed by atoms with E-state index in [2.05, 4.69) is 29.5 Å². The zero-order valence-electron chi connectivity index (χ0n) is 15.6. The molecule has 0 aliphatic carbocycles. The highest BCUT2D eigenvalue weighted by Gasteiger charge is 2.14. The van der Waals surface area contributed by atoms with Crippen LogP contribution in [0.25, 0.3) is 0 Å². The van der Waals surface area contributed by atoms with Crippen LogP contribution in [0.5, 0.6) is 0 Å². The normalized spacial score (nSPS) is 18.0. The van der Waals surface area contributed by atoms with Gasteiger partial charge in [0.05, 0.1) is 12.7 Å². The minimum absolute atomic E-state index is 0.0134. The summed E-state index contributed by atoms with van der Waals surface area (Å²) in [6.07, 6.45) is 3.41. The molecule has 24 heavy (non-hydrogen) atoms. The van der Waals surface area contributed by atoms with Crippen molar-refractivity contribution in [1.82, 2.24) is 15.5 Å². The lowest BCUT2D eigenvalue weighted by molar-refractivity contribution is -0.127. The van der Waals surface area contributed by atoms with Crippen LogP contribution in [0.1, 0.15) is 33.1 Å². The molecule has 1 atom stereocenters. The van der Waals surface area contributed by atoms with Gasteiger partial charge in [0.1, 0.15) is 6.54 Å². The van der Waals surface area contributed by atoms with Crippen LogP contribution < -0.4 is 10.6 Å². The fourth-order valence-corrected chi connectivity index (χ4v) is 2.13. The van der Waals surface area contributed by atoms with Gasteiger partial charge in [0.25, 0.3) is 0 Å². The van der Waals surface area contributed by atoms with E-state index in [1.807, 2.05) is 0 Å². The summed E-state index contributed by atoms with van der Waals surface area (Å²) < 4.78 is 11.2. The molecular weight excluding hydrogens is 308 g/mol. The molecule has 1 rings (SSSR count). The van der Waals surface area contributed by atoms with Crippen LogP contribution in [0.2, 0.25) is 0 Å². The van der Waals surface area contributed by atoms with Crippen LogP contribution in [-0.4, -0.2) is 76.4 Å². The molecule has 1 amide bonds. The third-order valence-electron chi connectivity index (χ3n) is 3.63. The van der Waals surface area contributed by atoms with Crippen molar-refractivity contribution < 1.29 is 14.3 Å². The number of likely N-dealkylation sites (N-methyl/N-ethyl adjacent to an activating group) is 1. The molecule has 1 aliphatic rings. The number of ether oxygens (including phenoxy) is 2. The number of nitrogens with zero attached hydrogens (tertiary/aromatic N) is 2. The van der Waals surface area contributed by atoms with Gasteiger partial charge in [0.15, 0.2) is 5.96 Å². The zero-order valence-corrected chi connectivity index (χ0v) is 15.6. The summed E-state index contributed by atoms with van der Waals surface area (Å²) in [5.74, 6) is 1.18. The molecule has 1 aliphatic heterocycles. The lowest BCUT2D eigenvalue weighted by Gasteiger charge is -2.15. The number of aliphatic imine (C=N–C) groups is 1. The molecule has 0 aromatic carbocycles. The highest BCUT2D eigenvalue weighted by Crippen LogP contribution is 2.11. The highest BCUT2D eigenvalue weighted by molar-refractivity contribution is 5.84. The molecule has 0 aromatic rings. The van der Waals surface area contributed by atoms with E-state index in [1.165, 1.54) is 0 Å². The Morgan fingerprint density at radius 3 is 2.79 bits per heavy atom. The molecule has 7 nitrogen and oxygen atoms in total. The van der Waals surface area contributed by atoms with Crippen LogP contribution in [0.4, 0.5) is 0 Å². The fourth-order valence-electron chi connectivity index (χ4n) is 2.13. The first-order valence-corrected chi connectivity index (χ1v) is 8.90. The molecule has 140 valence electrons. The van der Waals surface area contributed by atoms with Crippen molar-refractivity contribution in [3.05, 3.63) is 0 Å². The number of nitrogens with one attached hydrogen (secondary N) is 2. The summed E-state index contributed by atoms with van der Waals surface area (Å²) in [6.45, 7) is 8.23. The maximum Gasteiger partial charge on any atom is 0.243 e. The van der Waals surface area contributed by atoms with E-state index in [0.717, 1.165) is 39.0 Å². The van der Waals surface area contributed by atoms with Gasteiger partial charge >= 0.3 is 0 Å². The molecule has 7 heteroatoms. The number of hydrogen-bond donors (Lipinski definition) is 2. The van der Waals surface area contributed by atoms with Crippen molar-refractivity contribution in [1.29, 1.82) is 0 Å². The molecule has 1 unspecified atom stereocenters. The number of rotatable bonds is 10. The minimum atomic E-state index is -0.0134. The standard InChI is InChI=1S/C17H34N4O3/c1-14(2)11-19-17(20-12-16(22)21(3)4)18-8-6-9-23-13-15-7-5-10-24-15/h14-15H,5-13H2,1-4H3,(H2,18,19,20). The number of carbonyl (C=O) groups is 1. The first-order valence-electron chi connectivity index (χ1n) is 8.90. The number of guanidine groups is 1. The Bertz CT molecular complexity index is 380. The zero-order chi connectivity index (χ0) is 17.8. The topological polar surface area (TPSA) is 75.2 Å². The summed E-state index contributed by atoms with van der Waals surface area (Å²) in [7, 11) is 3.47. The summed E-state index contributed by atoms with van der Waals surface area (Å²) in [5.41, 5.74) is 0. The predicted molar refractivity (Wildman–Crippen MR) is 96.2 cm³/mol. The minimum Gasteiger partial charge on any atom is -0.379 e. The van der Waals surface area contributed by atoms with Crippen molar-refractivity contribution in [2.24, 2.45) is 10.9 Å². The van der Waals surface area contributed by atoms with Crippen molar-refractivity contribution in [3.63, 3.8) is 0 Å². The Labute approximate surface area is 146 Å². The largest absolute Gasteiger partial charge is 0.379 e. The fraction of sp³-hybridized carbons (Fsp3) is 0.882. The smallest absolute Gasteiger partial charge is 0.243 e. The lowest BCUT2D eigenvalue weighted by atomic mass is 10.2. The van der Waals surface area contributed by atoms with Gasteiger partial charge in [0, 0.05) is 40.4 Å². The molecule has 1 fully saturated rings. The van der Waals surface area contributed by atoms with Gasteiger partial charge in [0.2, 0.25) is 5.91 Å². The van der Waals surface area contributed by atoms with Crippen LogP contribution in [-0.2, 0) is 14.3 Å². The second kappa shape index (κ2) is 12.1. The first-order chi connectivity index (χ1) is 11.5. The van der Waals surface area contributed by atoms with E-state index in [0.29, 0.717) is 25.1 Å². The van der Waals surface area contributed by atoms with Gasteiger partial charge in [-0.15, -0.1) is 0 Å². The first kappa shape index (κ1) is 20.7. The molecule has 1 saturated heterocycles. The maximum absolute atomic E-state index is 11.7. The summed E-state index contributed by atoms with van der Waals surface area (Å²) in [5, 5.41) is 6.51. The van der Waals surface area contributed by atoms with E-state index in [1.54, 1.807) is 19.0 Å². The van der Waals surface area contributed by atoms with E-state index in [-0.39, 0.29) is 18.6 Å². The van der Waals surface area contributed by atoms with Crippen molar-refractivity contribution in [3.8, 4) is 0 Å². The molecule has 0 spiro atoms. The molecule has 0 saturated carbocycles. The van der Waals surface area contributed by atoms with Crippen molar-refractivity contribution in [2.75, 3.05) is 53.6 Å². The van der Waals surface area contributed by atoms with Gasteiger partial charge < -0.3 is 25.0 Å². The molecule has 0 radical (unpaired) electrons. The Morgan fingerprint density at radius 2 is 2.17 bits per heavy atom. The van der Waals surface area contributed by atoms with Crippen molar-refractivity contribution >= 4 is 11.9 Å². The SMILES string of the molecule is CC(C)CNC(=NCC(=O)N(C)C)NCCCOCC1CCCO1. The van der Waals surface area contributed by atoms with E-state index < -0.39 is 0 Å². The summed E-state index contributed by atoms with van der Waals surface area (Å²) in [6, 6.07) is 0. The second-order valence-corrected chi connectivity index (χ2v) is 6.72. The van der Waals surface area contributed by atoms with Gasteiger partial charge in [-0.05, 0) is 25.2 Å². The highest BCUT2D eigenvalue weighted by atomic mass is 16.5. The predicted octanol–water partition coefficient (Wildman–Crippen LogP) is 0.852. The lowest BCUT2D eigenvalue weighted by Crippen LogP contribution is -2.40. The molecule has 2 N–H and O–H groups in total. The summed E-state index contributed by atoms with van der Waals surface area (Å²) >= 11 is 0. The van der Waals surface area contributed by atoms with Crippen molar-refractivity contribution in [2.45, 2.75) is 39.2 Å². The monoisotopic (exact) mass is 342 g/mol. The number of hydrogen-bond acceptors (Lipinski definition) is 4. The molecule has 0 aromatic heterocycles. The quantitative estimate of drug-likeness (QED) is 0.350. The third kappa shape index (κ3) is 9.72. The van der Waals surface area contributed by atoms with Crippen LogP contribution in [0, 0.1) is 5.92 Å². The van der Waals surface area contributed by atoms with Gasteiger partial charge in [-0.2, -0.15) is 0 Å². The van der Waals surface area contributed by atoms with Crippen LogP contribution in [0.15, 0.2) is 4.99 Å². The molecule has 1 heterocycles. The number of carbonyl (C=O) groups excluding carboxylic acids is 1. The number of amides is 1. The van der Waals surface area contributed by atoms with Crippen LogP contribution in [0.3, 0.4) is 0 Å². The van der Waals surface area contributed by atoms with Gasteiger partial charge in [-0.1, -0.05) is 13.8 Å². The van der Waals surface area contributed by atoms with Gasteiger partial charge in [-0.3, -0.25) is 4.79 Å². The van der Waals surface area contributed by atoms with E-state index in [9.17, 15) is 4.79 Å². The van der Waals surface area contributed by atoms with Gasteiger partial charge in [-0.25, -0.2) is 4.99 Å². The summed E-state index contributed by atoms with van der Waals surface area (Å²) in [4.78, 5) is 17.5. The van der Waals surface area contributed by atoms with E-state index >= 15 is 0 Å². The van der Waals surface area contributed by atoms with Crippen LogP contribution >= 0.6 is 0 Å². The second-order valence-electron chi connectivity index (χ2n) is 6.72. The maximum atomic E-state index is 11.7. The average Bonchev–Trinajstić information content (AvgIpc) is 3.05. The Morgan fingerprint density at radius 1 is 1.38 bits per heavy atom. The Hall–Kier alpha value is -1.34. The Kier molecular flexibility index (Phi) is 10.4. The molecule has 0 bridgehead atoms. The average molecular weight is 342 g/mol.